The molecular formula is C52H64Cl4N4O4Pt2. The molecule has 4 aromatic carbocycles. The van der Waals surface area contributed by atoms with Gasteiger partial charge in [0.25, 0.3) is 0 Å². The summed E-state index contributed by atoms with van der Waals surface area (Å²) in [5, 5.41) is 48.6. The molecule has 364 valence electrons. The summed E-state index contributed by atoms with van der Waals surface area (Å²) >= 11 is 23.1. The van der Waals surface area contributed by atoms with Crippen LogP contribution in [0, 0.1) is 0 Å². The average Bonchev–Trinajstić information content (AvgIpc) is 3.26. The maximum absolute atomic E-state index is 11.7. The number of unbranched alkanes of at least 4 members (excludes halogenated alkanes) is 18. The fourth-order valence-corrected chi connectivity index (χ4v) is 7.40. The van der Waals surface area contributed by atoms with Gasteiger partial charge in [-0.25, -0.2) is 0 Å². The van der Waals surface area contributed by atoms with Gasteiger partial charge in [0.05, 0.1) is 0 Å². The molecule has 66 heavy (non-hydrogen) atoms. The molecule has 0 heterocycles. The number of aliphatic imine (C=N–C) groups is 4. The number of hydrogen-bond donors (Lipinski definition) is 0. The first-order chi connectivity index (χ1) is 31.1. The normalized spacial score (nSPS) is 11.3. The molecule has 0 N–H and O–H groups in total. The monoisotopic (exact) mass is 1340 g/mol. The maximum atomic E-state index is 11.7. The molecule has 0 aliphatic rings. The summed E-state index contributed by atoms with van der Waals surface area (Å²) in [7, 11) is 0. The van der Waals surface area contributed by atoms with Crippen molar-refractivity contribution in [3.8, 4) is 23.0 Å². The summed E-state index contributed by atoms with van der Waals surface area (Å²) in [6.07, 6.45) is 30.8. The van der Waals surface area contributed by atoms with Crippen molar-refractivity contribution in [2.45, 2.75) is 128 Å². The van der Waals surface area contributed by atoms with Gasteiger partial charge in [-0.15, -0.1) is 0 Å². The number of nitrogens with zero attached hydrogens (tertiary/aromatic N) is 4. The quantitative estimate of drug-likeness (QED) is 0.0378. The van der Waals surface area contributed by atoms with E-state index in [1.807, 2.05) is 0 Å². The van der Waals surface area contributed by atoms with Crippen LogP contribution in [0.3, 0.4) is 0 Å². The third-order valence-corrected chi connectivity index (χ3v) is 11.4. The predicted octanol–water partition coefficient (Wildman–Crippen LogP) is 13.2. The Morgan fingerprint density at radius 2 is 0.455 bits per heavy atom. The second kappa shape index (κ2) is 39.2. The van der Waals surface area contributed by atoms with E-state index in [4.69, 9.17) is 46.4 Å². The van der Waals surface area contributed by atoms with E-state index in [1.165, 1.54) is 127 Å². The Balaban J connectivity index is 0.000000641. The zero-order chi connectivity index (χ0) is 46.0. The molecule has 4 rings (SSSR count). The van der Waals surface area contributed by atoms with E-state index in [0.717, 1.165) is 51.9 Å². The largest absolute Gasteiger partial charge is 2.00 e. The first kappa shape index (κ1) is 61.3. The number of hydrogen-bond acceptors (Lipinski definition) is 8. The van der Waals surface area contributed by atoms with Gasteiger partial charge in [-0.3, -0.25) is 20.0 Å². The number of benzene rings is 4. The van der Waals surface area contributed by atoms with Crippen molar-refractivity contribution in [3.05, 3.63) is 115 Å². The van der Waals surface area contributed by atoms with Crippen LogP contribution >= 0.6 is 46.4 Å². The summed E-state index contributed by atoms with van der Waals surface area (Å²) < 4.78 is 0. The number of rotatable bonds is 30. The smallest absolute Gasteiger partial charge is 0.872 e. The molecule has 14 heteroatoms. The zero-order valence-electron chi connectivity index (χ0n) is 37.8. The van der Waals surface area contributed by atoms with Crippen LogP contribution in [0.1, 0.15) is 151 Å². The van der Waals surface area contributed by atoms with Crippen molar-refractivity contribution in [2.24, 2.45) is 20.0 Å². The molecule has 0 atom stereocenters. The Morgan fingerprint density at radius 3 is 0.621 bits per heavy atom. The molecule has 8 nitrogen and oxygen atoms in total. The minimum absolute atomic E-state index is 0. The van der Waals surface area contributed by atoms with Gasteiger partial charge in [-0.05, 0) is 72.2 Å². The Kier molecular flexibility index (Phi) is 36.4. The van der Waals surface area contributed by atoms with Gasteiger partial charge >= 0.3 is 42.1 Å². The van der Waals surface area contributed by atoms with Crippen LogP contribution in [0.4, 0.5) is 0 Å². The topological polar surface area (TPSA) is 142 Å². The van der Waals surface area contributed by atoms with Crippen LogP contribution in [-0.4, -0.2) is 51.0 Å². The molecule has 0 fully saturated rings. The van der Waals surface area contributed by atoms with Crippen LogP contribution in [0.25, 0.3) is 0 Å². The fraction of sp³-hybridized carbons (Fsp3) is 0.462. The van der Waals surface area contributed by atoms with Crippen molar-refractivity contribution in [2.75, 3.05) is 26.2 Å². The Hall–Kier alpha value is -2.70. The van der Waals surface area contributed by atoms with Crippen molar-refractivity contribution in [3.63, 3.8) is 0 Å². The van der Waals surface area contributed by atoms with Crippen LogP contribution < -0.4 is 20.4 Å². The second-order valence-electron chi connectivity index (χ2n) is 15.9. The van der Waals surface area contributed by atoms with E-state index in [1.54, 1.807) is 73.4 Å². The van der Waals surface area contributed by atoms with Crippen molar-refractivity contribution >= 4 is 71.3 Å². The third-order valence-electron chi connectivity index (χ3n) is 10.5. The standard InChI is InChI=1S/2C26H34Cl2N2O2.2Pt/c2*27-23-13-11-21(25(31)17-23)19-29-15-9-7-5-3-1-2-4-6-8-10-16-30-20-22-12-14-24(28)18-26(22)32;;/h2*11-14,17-20,31-32H,1-10,15-16H2;;/q;;2*+2/p-4. The zero-order valence-corrected chi connectivity index (χ0v) is 45.3. The molecule has 4 aromatic rings. The van der Waals surface area contributed by atoms with Gasteiger partial charge in [-0.2, -0.15) is 0 Å². The minimum Gasteiger partial charge on any atom is -0.872 e. The van der Waals surface area contributed by atoms with Gasteiger partial charge < -0.3 is 20.4 Å². The summed E-state index contributed by atoms with van der Waals surface area (Å²) in [6, 6.07) is 19.4. The van der Waals surface area contributed by atoms with Crippen LogP contribution in [0.2, 0.25) is 20.1 Å². The first-order valence-corrected chi connectivity index (χ1v) is 24.5. The summed E-state index contributed by atoms with van der Waals surface area (Å²) in [4.78, 5) is 17.4. The van der Waals surface area contributed by atoms with E-state index in [-0.39, 0.29) is 65.1 Å². The molecule has 0 aliphatic carbocycles. The molecule has 0 aliphatic heterocycles. The fourth-order valence-electron chi connectivity index (χ4n) is 6.75. The van der Waals surface area contributed by atoms with Crippen molar-refractivity contribution in [1.82, 2.24) is 0 Å². The van der Waals surface area contributed by atoms with E-state index >= 15 is 0 Å². The van der Waals surface area contributed by atoms with Crippen LogP contribution in [0.15, 0.2) is 92.8 Å². The van der Waals surface area contributed by atoms with Crippen LogP contribution in [0.5, 0.6) is 23.0 Å². The molecule has 0 unspecified atom stereocenters. The Morgan fingerprint density at radius 1 is 0.288 bits per heavy atom. The van der Waals surface area contributed by atoms with Gasteiger partial charge in [0.15, 0.2) is 0 Å². The third kappa shape index (κ3) is 29.2. The second-order valence-corrected chi connectivity index (χ2v) is 17.7. The van der Waals surface area contributed by atoms with Crippen molar-refractivity contribution in [1.29, 1.82) is 0 Å². The molecule has 0 spiro atoms. The maximum Gasteiger partial charge on any atom is 2.00 e. The number of halogens is 4. The summed E-state index contributed by atoms with van der Waals surface area (Å²) in [6.45, 7) is 3.05. The van der Waals surface area contributed by atoms with E-state index in [0.29, 0.717) is 42.3 Å². The molecule has 0 saturated carbocycles. The molecule has 0 bridgehead atoms. The molecular weight excluding hydrogens is 1280 g/mol. The Bertz CT molecular complexity index is 1750. The summed E-state index contributed by atoms with van der Waals surface area (Å²) in [5.41, 5.74) is 2.39. The predicted molar refractivity (Wildman–Crippen MR) is 266 cm³/mol. The average molecular weight is 1340 g/mol. The molecule has 0 amide bonds. The SMILES string of the molecule is [O-]c1cc(Cl)ccc1C=NCCCCCCCCCCCCN=Cc1ccc(Cl)cc1[O-].[O-]c1cc(Cl)ccc1C=NCCCCCCCCCCCCN=Cc1ccc(Cl)cc1[O-].[Pt+2].[Pt+2]. The van der Waals surface area contributed by atoms with E-state index in [2.05, 4.69) is 20.0 Å². The van der Waals surface area contributed by atoms with E-state index < -0.39 is 0 Å². The molecule has 0 aromatic heterocycles. The van der Waals surface area contributed by atoms with Gasteiger partial charge in [0.1, 0.15) is 0 Å². The van der Waals surface area contributed by atoms with Crippen molar-refractivity contribution < 1.29 is 62.6 Å². The molecule has 0 radical (unpaired) electrons. The van der Waals surface area contributed by atoms with Crippen LogP contribution in [-0.2, 0) is 42.1 Å². The Labute approximate surface area is 443 Å². The van der Waals surface area contributed by atoms with E-state index in [9.17, 15) is 20.4 Å². The minimum atomic E-state index is -0.0789. The first-order valence-electron chi connectivity index (χ1n) is 23.0. The van der Waals surface area contributed by atoms with Gasteiger partial charge in [0.2, 0.25) is 0 Å². The van der Waals surface area contributed by atoms with Gasteiger partial charge in [0, 0.05) is 71.1 Å². The summed E-state index contributed by atoms with van der Waals surface area (Å²) in [5.74, 6) is -0.316. The molecule has 0 saturated heterocycles. The van der Waals surface area contributed by atoms with Gasteiger partial charge in [-0.1, -0.05) is 221 Å².